The van der Waals surface area contributed by atoms with Crippen LogP contribution in [0.15, 0.2) is 18.7 Å². The summed E-state index contributed by atoms with van der Waals surface area (Å²) in [5.41, 5.74) is 1.11. The molecule has 1 N–H and O–H groups in total. The Labute approximate surface area is 86.9 Å². The van der Waals surface area contributed by atoms with Gasteiger partial charge in [-0.1, -0.05) is 0 Å². The highest BCUT2D eigenvalue weighted by Crippen LogP contribution is 2.12. The minimum absolute atomic E-state index is 0.647. The molecule has 1 aliphatic heterocycles. The zero-order valence-corrected chi connectivity index (χ0v) is 8.30. The fraction of sp³-hybridized carbons (Fsp3) is 0.444. The van der Waals surface area contributed by atoms with E-state index in [2.05, 4.69) is 25.3 Å². The van der Waals surface area contributed by atoms with E-state index in [1.807, 2.05) is 12.4 Å². The van der Waals surface area contributed by atoms with Crippen molar-refractivity contribution in [2.75, 3.05) is 31.1 Å². The molecule has 0 aromatic carbocycles. The van der Waals surface area contributed by atoms with Gasteiger partial charge >= 0.3 is 0 Å². The summed E-state index contributed by atoms with van der Waals surface area (Å²) < 4.78 is 1.71. The Morgan fingerprint density at radius 1 is 1.20 bits per heavy atom. The molecule has 0 bridgehead atoms. The highest BCUT2D eigenvalue weighted by Gasteiger charge is 2.11. The summed E-state index contributed by atoms with van der Waals surface area (Å²) in [5.74, 6) is 0.647. The van der Waals surface area contributed by atoms with E-state index in [0.717, 1.165) is 31.9 Å². The molecule has 3 heterocycles. The maximum Gasteiger partial charge on any atom is 0.252 e. The average molecular weight is 204 g/mol. The molecule has 0 amide bonds. The van der Waals surface area contributed by atoms with Gasteiger partial charge in [-0.2, -0.15) is 10.1 Å². The molecule has 0 radical (unpaired) electrons. The molecule has 15 heavy (non-hydrogen) atoms. The third-order valence-electron chi connectivity index (χ3n) is 2.60. The van der Waals surface area contributed by atoms with E-state index in [-0.39, 0.29) is 0 Å². The van der Waals surface area contributed by atoms with E-state index >= 15 is 0 Å². The van der Waals surface area contributed by atoms with E-state index in [1.165, 1.54) is 6.33 Å². The normalized spacial score (nSPS) is 17.2. The third kappa shape index (κ3) is 1.52. The molecule has 0 saturated carbocycles. The van der Waals surface area contributed by atoms with E-state index in [4.69, 9.17) is 0 Å². The van der Waals surface area contributed by atoms with Gasteiger partial charge in [-0.25, -0.2) is 9.50 Å². The van der Waals surface area contributed by atoms with E-state index in [9.17, 15) is 0 Å². The van der Waals surface area contributed by atoms with Crippen LogP contribution in [0.1, 0.15) is 0 Å². The van der Waals surface area contributed by atoms with Crippen molar-refractivity contribution >= 4 is 11.5 Å². The first-order valence-electron chi connectivity index (χ1n) is 5.04. The highest BCUT2D eigenvalue weighted by molar-refractivity contribution is 5.45. The van der Waals surface area contributed by atoms with Crippen LogP contribution >= 0.6 is 0 Å². The van der Waals surface area contributed by atoms with Crippen molar-refractivity contribution in [2.45, 2.75) is 0 Å². The molecule has 1 saturated heterocycles. The first-order chi connectivity index (χ1) is 7.43. The molecule has 0 aliphatic carbocycles. The molecule has 78 valence electrons. The Morgan fingerprint density at radius 2 is 2.07 bits per heavy atom. The van der Waals surface area contributed by atoms with Crippen LogP contribution in [0.4, 0.5) is 5.69 Å². The molecular formula is C9H12N6. The van der Waals surface area contributed by atoms with Crippen LogP contribution in [-0.2, 0) is 0 Å². The van der Waals surface area contributed by atoms with Crippen LogP contribution in [0.2, 0.25) is 0 Å². The van der Waals surface area contributed by atoms with Crippen LogP contribution in [0.5, 0.6) is 0 Å². The number of hydrogen-bond donors (Lipinski definition) is 1. The summed E-state index contributed by atoms with van der Waals surface area (Å²) >= 11 is 0. The SMILES string of the molecule is c1nc2ncc(N3CCNCC3)cn2n1. The molecule has 0 unspecified atom stereocenters. The van der Waals surface area contributed by atoms with Crippen LogP contribution in [0.25, 0.3) is 5.78 Å². The molecule has 3 rings (SSSR count). The fourth-order valence-electron chi connectivity index (χ4n) is 1.80. The van der Waals surface area contributed by atoms with Crippen molar-refractivity contribution in [1.29, 1.82) is 0 Å². The summed E-state index contributed by atoms with van der Waals surface area (Å²) in [7, 11) is 0. The quantitative estimate of drug-likeness (QED) is 0.680. The molecule has 1 aliphatic rings. The van der Waals surface area contributed by atoms with Crippen LogP contribution in [-0.4, -0.2) is 45.8 Å². The van der Waals surface area contributed by atoms with Crippen LogP contribution in [0, 0.1) is 0 Å². The number of anilines is 1. The lowest BCUT2D eigenvalue weighted by atomic mass is 10.3. The van der Waals surface area contributed by atoms with Gasteiger partial charge in [0.05, 0.1) is 18.1 Å². The number of nitrogens with zero attached hydrogens (tertiary/aromatic N) is 5. The minimum atomic E-state index is 0.647. The zero-order valence-electron chi connectivity index (χ0n) is 8.30. The van der Waals surface area contributed by atoms with Gasteiger partial charge in [0.15, 0.2) is 0 Å². The number of nitrogens with one attached hydrogen (secondary N) is 1. The van der Waals surface area contributed by atoms with Crippen molar-refractivity contribution in [3.8, 4) is 0 Å². The predicted molar refractivity (Wildman–Crippen MR) is 55.9 cm³/mol. The first kappa shape index (κ1) is 8.60. The van der Waals surface area contributed by atoms with Crippen molar-refractivity contribution in [3.05, 3.63) is 18.7 Å². The standard InChI is InChI=1S/C9H12N6/c1-3-14(4-2-10-1)8-5-11-9-12-7-13-15(9)6-8/h5-7,10H,1-4H2. The maximum absolute atomic E-state index is 4.24. The number of hydrogen-bond acceptors (Lipinski definition) is 5. The summed E-state index contributed by atoms with van der Waals surface area (Å²) in [6.07, 6.45) is 5.35. The lowest BCUT2D eigenvalue weighted by Gasteiger charge is -2.28. The van der Waals surface area contributed by atoms with E-state index in [0.29, 0.717) is 5.78 Å². The van der Waals surface area contributed by atoms with Gasteiger partial charge < -0.3 is 10.2 Å². The van der Waals surface area contributed by atoms with Crippen molar-refractivity contribution < 1.29 is 0 Å². The monoisotopic (exact) mass is 204 g/mol. The number of rotatable bonds is 1. The molecule has 6 nitrogen and oxygen atoms in total. The summed E-state index contributed by atoms with van der Waals surface area (Å²) in [5, 5.41) is 7.39. The molecule has 2 aromatic heterocycles. The van der Waals surface area contributed by atoms with Gasteiger partial charge in [-0.15, -0.1) is 0 Å². The number of fused-ring (bicyclic) bond motifs is 1. The van der Waals surface area contributed by atoms with Gasteiger partial charge in [-0.05, 0) is 0 Å². The zero-order chi connectivity index (χ0) is 10.1. The van der Waals surface area contributed by atoms with Crippen molar-refractivity contribution in [2.24, 2.45) is 0 Å². The van der Waals surface area contributed by atoms with E-state index < -0.39 is 0 Å². The topological polar surface area (TPSA) is 58.4 Å². The summed E-state index contributed by atoms with van der Waals surface area (Å²) in [6.45, 7) is 4.08. The van der Waals surface area contributed by atoms with Crippen molar-refractivity contribution in [1.82, 2.24) is 24.9 Å². The molecule has 6 heteroatoms. The minimum Gasteiger partial charge on any atom is -0.366 e. The Balaban J connectivity index is 1.95. The fourth-order valence-corrected chi connectivity index (χ4v) is 1.80. The maximum atomic E-state index is 4.24. The molecule has 1 fully saturated rings. The first-order valence-corrected chi connectivity index (χ1v) is 5.04. The molecule has 0 atom stereocenters. The number of piperazine rings is 1. The van der Waals surface area contributed by atoms with E-state index in [1.54, 1.807) is 4.52 Å². The Morgan fingerprint density at radius 3 is 2.93 bits per heavy atom. The lowest BCUT2D eigenvalue weighted by molar-refractivity contribution is 0.587. The predicted octanol–water partition coefficient (Wildman–Crippen LogP) is -0.466. The Bertz CT molecular complexity index is 458. The Kier molecular flexibility index (Phi) is 1.99. The Hall–Kier alpha value is -1.69. The lowest BCUT2D eigenvalue weighted by Crippen LogP contribution is -2.43. The second-order valence-corrected chi connectivity index (χ2v) is 3.55. The van der Waals surface area contributed by atoms with Gasteiger partial charge in [0.2, 0.25) is 0 Å². The van der Waals surface area contributed by atoms with Gasteiger partial charge in [0, 0.05) is 26.2 Å². The summed E-state index contributed by atoms with van der Waals surface area (Å²) in [4.78, 5) is 10.6. The number of aromatic nitrogens is 4. The molecule has 0 spiro atoms. The largest absolute Gasteiger partial charge is 0.366 e. The van der Waals surface area contributed by atoms with Gasteiger partial charge in [0.1, 0.15) is 6.33 Å². The average Bonchev–Trinajstić information content (AvgIpc) is 2.77. The highest BCUT2D eigenvalue weighted by atomic mass is 15.3. The van der Waals surface area contributed by atoms with Gasteiger partial charge in [-0.3, -0.25) is 0 Å². The van der Waals surface area contributed by atoms with Crippen LogP contribution < -0.4 is 10.2 Å². The van der Waals surface area contributed by atoms with Crippen LogP contribution in [0.3, 0.4) is 0 Å². The summed E-state index contributed by atoms with van der Waals surface area (Å²) in [6, 6.07) is 0. The van der Waals surface area contributed by atoms with Gasteiger partial charge in [0.25, 0.3) is 5.78 Å². The molecule has 2 aromatic rings. The van der Waals surface area contributed by atoms with Crippen molar-refractivity contribution in [3.63, 3.8) is 0 Å². The third-order valence-corrected chi connectivity index (χ3v) is 2.60. The second-order valence-electron chi connectivity index (χ2n) is 3.55. The smallest absolute Gasteiger partial charge is 0.252 e. The molecular weight excluding hydrogens is 192 g/mol. The second kappa shape index (κ2) is 3.47.